The van der Waals surface area contributed by atoms with Gasteiger partial charge in [0.1, 0.15) is 5.75 Å². The zero-order valence-electron chi connectivity index (χ0n) is 8.59. The fourth-order valence-electron chi connectivity index (χ4n) is 2.20. The molecule has 0 radical (unpaired) electrons. The first-order valence-electron chi connectivity index (χ1n) is 5.33. The third kappa shape index (κ3) is 1.75. The van der Waals surface area contributed by atoms with Gasteiger partial charge in [-0.05, 0) is 48.6 Å². The predicted octanol–water partition coefficient (Wildman–Crippen LogP) is 2.03. The van der Waals surface area contributed by atoms with Crippen molar-refractivity contribution < 1.29 is 5.11 Å². The summed E-state index contributed by atoms with van der Waals surface area (Å²) in [5.74, 6) is 0.987. The Labute approximate surface area is 85.0 Å². The summed E-state index contributed by atoms with van der Waals surface area (Å²) < 4.78 is 0. The molecule has 76 valence electrons. The minimum atomic E-state index is 0.393. The highest BCUT2D eigenvalue weighted by Gasteiger charge is 2.19. The SMILES string of the molecule is CCc1ccc(O)cc1[C@@H]1CCNC1. The number of hydrogen-bond donors (Lipinski definition) is 2. The molecule has 1 saturated heterocycles. The van der Waals surface area contributed by atoms with Crippen LogP contribution < -0.4 is 5.32 Å². The predicted molar refractivity (Wildman–Crippen MR) is 57.7 cm³/mol. The van der Waals surface area contributed by atoms with Crippen LogP contribution in [0.15, 0.2) is 18.2 Å². The van der Waals surface area contributed by atoms with Crippen LogP contribution in [0.3, 0.4) is 0 Å². The highest BCUT2D eigenvalue weighted by molar-refractivity contribution is 5.38. The normalized spacial score (nSPS) is 21.4. The standard InChI is InChI=1S/C12H17NO/c1-2-9-3-4-11(14)7-12(9)10-5-6-13-8-10/h3-4,7,10,13-14H,2,5-6,8H2,1H3/t10-/m1/s1. The second-order valence-corrected chi connectivity index (χ2v) is 3.93. The molecule has 0 unspecified atom stereocenters. The first kappa shape index (κ1) is 9.53. The molecule has 0 saturated carbocycles. The van der Waals surface area contributed by atoms with E-state index in [9.17, 15) is 5.11 Å². The number of nitrogens with one attached hydrogen (secondary N) is 1. The lowest BCUT2D eigenvalue weighted by atomic mass is 9.92. The van der Waals surface area contributed by atoms with Crippen LogP contribution in [0.25, 0.3) is 0 Å². The molecule has 0 spiro atoms. The highest BCUT2D eigenvalue weighted by atomic mass is 16.3. The van der Waals surface area contributed by atoms with E-state index in [4.69, 9.17) is 0 Å². The molecule has 0 aromatic heterocycles. The third-order valence-corrected chi connectivity index (χ3v) is 3.01. The molecule has 2 rings (SSSR count). The van der Waals surface area contributed by atoms with Gasteiger partial charge in [-0.1, -0.05) is 13.0 Å². The summed E-state index contributed by atoms with van der Waals surface area (Å²) in [6, 6.07) is 5.75. The van der Waals surface area contributed by atoms with Gasteiger partial charge in [0.25, 0.3) is 0 Å². The van der Waals surface area contributed by atoms with Gasteiger partial charge in [0.15, 0.2) is 0 Å². The average molecular weight is 191 g/mol. The lowest BCUT2D eigenvalue weighted by Gasteiger charge is -2.14. The summed E-state index contributed by atoms with van der Waals surface area (Å²) in [7, 11) is 0. The Morgan fingerprint density at radius 2 is 2.36 bits per heavy atom. The molecule has 1 aromatic rings. The third-order valence-electron chi connectivity index (χ3n) is 3.01. The largest absolute Gasteiger partial charge is 0.508 e. The van der Waals surface area contributed by atoms with Gasteiger partial charge in [-0.15, -0.1) is 0 Å². The maximum atomic E-state index is 9.47. The minimum absolute atomic E-state index is 0.393. The Balaban J connectivity index is 2.33. The van der Waals surface area contributed by atoms with Crippen LogP contribution in [0.5, 0.6) is 5.75 Å². The molecular formula is C12H17NO. The second kappa shape index (κ2) is 4.01. The topological polar surface area (TPSA) is 32.3 Å². The zero-order valence-corrected chi connectivity index (χ0v) is 8.59. The smallest absolute Gasteiger partial charge is 0.115 e. The summed E-state index contributed by atoms with van der Waals surface area (Å²) in [6.07, 6.45) is 2.24. The molecule has 2 heteroatoms. The molecule has 2 nitrogen and oxygen atoms in total. The number of aromatic hydroxyl groups is 1. The summed E-state index contributed by atoms with van der Waals surface area (Å²) in [6.45, 7) is 4.32. The van der Waals surface area contributed by atoms with Gasteiger partial charge in [0.2, 0.25) is 0 Å². The molecule has 14 heavy (non-hydrogen) atoms. The number of benzene rings is 1. The van der Waals surface area contributed by atoms with E-state index in [0.717, 1.165) is 19.5 Å². The van der Waals surface area contributed by atoms with Gasteiger partial charge in [-0.2, -0.15) is 0 Å². The molecule has 1 aliphatic heterocycles. The Bertz CT molecular complexity index is 316. The maximum absolute atomic E-state index is 9.47. The van der Waals surface area contributed by atoms with Crippen molar-refractivity contribution in [1.82, 2.24) is 5.32 Å². The van der Waals surface area contributed by atoms with E-state index >= 15 is 0 Å². The van der Waals surface area contributed by atoms with Crippen molar-refractivity contribution in [2.45, 2.75) is 25.7 Å². The monoisotopic (exact) mass is 191 g/mol. The van der Waals surface area contributed by atoms with Crippen molar-refractivity contribution in [3.8, 4) is 5.75 Å². The van der Waals surface area contributed by atoms with E-state index in [2.05, 4.69) is 12.2 Å². The fourth-order valence-corrected chi connectivity index (χ4v) is 2.20. The van der Waals surface area contributed by atoms with Gasteiger partial charge in [0.05, 0.1) is 0 Å². The van der Waals surface area contributed by atoms with E-state index in [0.29, 0.717) is 11.7 Å². The van der Waals surface area contributed by atoms with E-state index in [1.54, 1.807) is 6.07 Å². The van der Waals surface area contributed by atoms with Crippen LogP contribution in [-0.2, 0) is 6.42 Å². The molecule has 1 atom stereocenters. The minimum Gasteiger partial charge on any atom is -0.508 e. The lowest BCUT2D eigenvalue weighted by molar-refractivity contribution is 0.473. The van der Waals surface area contributed by atoms with Gasteiger partial charge < -0.3 is 10.4 Å². The van der Waals surface area contributed by atoms with Crippen LogP contribution >= 0.6 is 0 Å². The maximum Gasteiger partial charge on any atom is 0.115 e. The number of phenols is 1. The van der Waals surface area contributed by atoms with Crippen molar-refractivity contribution in [2.75, 3.05) is 13.1 Å². The average Bonchev–Trinajstić information content (AvgIpc) is 2.70. The van der Waals surface area contributed by atoms with Crippen molar-refractivity contribution in [2.24, 2.45) is 0 Å². The molecule has 2 N–H and O–H groups in total. The Kier molecular flexibility index (Phi) is 2.73. The summed E-state index contributed by atoms with van der Waals surface area (Å²) in [5.41, 5.74) is 2.70. The molecule has 0 bridgehead atoms. The summed E-state index contributed by atoms with van der Waals surface area (Å²) in [5, 5.41) is 12.8. The number of rotatable bonds is 2. The molecule has 1 aromatic carbocycles. The summed E-state index contributed by atoms with van der Waals surface area (Å²) in [4.78, 5) is 0. The van der Waals surface area contributed by atoms with Gasteiger partial charge >= 0.3 is 0 Å². The molecule has 1 aliphatic rings. The highest BCUT2D eigenvalue weighted by Crippen LogP contribution is 2.28. The van der Waals surface area contributed by atoms with Crippen LogP contribution in [0.4, 0.5) is 0 Å². The lowest BCUT2D eigenvalue weighted by Crippen LogP contribution is -2.09. The number of aryl methyl sites for hydroxylation is 1. The Morgan fingerprint density at radius 1 is 1.50 bits per heavy atom. The van der Waals surface area contributed by atoms with Crippen molar-refractivity contribution >= 4 is 0 Å². The Hall–Kier alpha value is -1.02. The van der Waals surface area contributed by atoms with E-state index in [-0.39, 0.29) is 0 Å². The number of hydrogen-bond acceptors (Lipinski definition) is 2. The van der Waals surface area contributed by atoms with Crippen LogP contribution in [0.1, 0.15) is 30.4 Å². The van der Waals surface area contributed by atoms with Crippen molar-refractivity contribution in [3.63, 3.8) is 0 Å². The molecule has 0 aliphatic carbocycles. The Morgan fingerprint density at radius 3 is 3.00 bits per heavy atom. The molecule has 0 amide bonds. The first-order valence-corrected chi connectivity index (χ1v) is 5.33. The summed E-state index contributed by atoms with van der Waals surface area (Å²) >= 11 is 0. The van der Waals surface area contributed by atoms with Crippen molar-refractivity contribution in [1.29, 1.82) is 0 Å². The van der Waals surface area contributed by atoms with Crippen LogP contribution in [0.2, 0.25) is 0 Å². The van der Waals surface area contributed by atoms with Gasteiger partial charge in [-0.25, -0.2) is 0 Å². The van der Waals surface area contributed by atoms with Gasteiger partial charge in [0, 0.05) is 6.54 Å². The van der Waals surface area contributed by atoms with E-state index in [1.165, 1.54) is 17.5 Å². The van der Waals surface area contributed by atoms with E-state index in [1.807, 2.05) is 12.1 Å². The number of phenolic OH excluding ortho intramolecular Hbond substituents is 1. The van der Waals surface area contributed by atoms with Crippen molar-refractivity contribution in [3.05, 3.63) is 29.3 Å². The quantitative estimate of drug-likeness (QED) is 0.749. The molecule has 1 fully saturated rings. The fraction of sp³-hybridized carbons (Fsp3) is 0.500. The van der Waals surface area contributed by atoms with Gasteiger partial charge in [-0.3, -0.25) is 0 Å². The van der Waals surface area contributed by atoms with Crippen LogP contribution in [0, 0.1) is 0 Å². The second-order valence-electron chi connectivity index (χ2n) is 3.93. The first-order chi connectivity index (χ1) is 6.81. The van der Waals surface area contributed by atoms with Crippen LogP contribution in [-0.4, -0.2) is 18.2 Å². The molecular weight excluding hydrogens is 174 g/mol. The molecule has 1 heterocycles. The zero-order chi connectivity index (χ0) is 9.97. The van der Waals surface area contributed by atoms with E-state index < -0.39 is 0 Å².